The van der Waals surface area contributed by atoms with Gasteiger partial charge in [-0.3, -0.25) is 4.99 Å². The quantitative estimate of drug-likeness (QED) is 0.601. The van der Waals surface area contributed by atoms with Crippen molar-refractivity contribution in [3.63, 3.8) is 0 Å². The maximum absolute atomic E-state index is 5.93. The van der Waals surface area contributed by atoms with E-state index in [0.29, 0.717) is 5.92 Å². The number of hydrogen-bond donors (Lipinski definition) is 0. The summed E-state index contributed by atoms with van der Waals surface area (Å²) in [4.78, 5) is 7.01. The Balaban J connectivity index is 1.97. The second-order valence-electron chi connectivity index (χ2n) is 7.48. The van der Waals surface area contributed by atoms with Crippen molar-refractivity contribution >= 4 is 29.2 Å². The van der Waals surface area contributed by atoms with Crippen LogP contribution in [0.5, 0.6) is 0 Å². The number of fused-ring (bicyclic) bond motifs is 1. The molecule has 126 valence electrons. The Hall–Kier alpha value is -1.80. The van der Waals surface area contributed by atoms with Crippen LogP contribution >= 0.6 is 11.6 Å². The monoisotopic (exact) mass is 340 g/mol. The standard InChI is InChI=1S/C21H25ClN2/c1-14-10-20-19(15(2)12-21(3,4)24(20)5)11-16(14)13-23-18-8-6-17(22)7-9-18/h6-11,13,15H,12H2,1-5H3/t15-/m0/s1. The van der Waals surface area contributed by atoms with Crippen LogP contribution in [0.15, 0.2) is 41.4 Å². The minimum absolute atomic E-state index is 0.192. The van der Waals surface area contributed by atoms with Gasteiger partial charge in [0.1, 0.15) is 0 Å². The van der Waals surface area contributed by atoms with Crippen LogP contribution in [0.1, 0.15) is 49.8 Å². The number of aliphatic imine (C=N–C) groups is 1. The zero-order valence-corrected chi connectivity index (χ0v) is 15.9. The Morgan fingerprint density at radius 3 is 2.54 bits per heavy atom. The van der Waals surface area contributed by atoms with E-state index in [1.165, 1.54) is 22.4 Å². The average Bonchev–Trinajstić information content (AvgIpc) is 2.52. The van der Waals surface area contributed by atoms with Crippen molar-refractivity contribution in [2.75, 3.05) is 11.9 Å². The lowest BCUT2D eigenvalue weighted by molar-refractivity contribution is 0.395. The Labute approximate surface area is 150 Å². The smallest absolute Gasteiger partial charge is 0.0630 e. The highest BCUT2D eigenvalue weighted by Crippen LogP contribution is 2.43. The molecule has 0 amide bonds. The minimum atomic E-state index is 0.192. The van der Waals surface area contributed by atoms with Crippen molar-refractivity contribution in [2.24, 2.45) is 4.99 Å². The highest BCUT2D eigenvalue weighted by atomic mass is 35.5. The molecule has 0 spiro atoms. The van der Waals surface area contributed by atoms with Crippen LogP contribution in [-0.4, -0.2) is 18.8 Å². The molecule has 0 saturated carbocycles. The predicted molar refractivity (Wildman–Crippen MR) is 105 cm³/mol. The molecule has 3 rings (SSSR count). The van der Waals surface area contributed by atoms with Crippen molar-refractivity contribution in [2.45, 2.75) is 45.6 Å². The van der Waals surface area contributed by atoms with Crippen LogP contribution in [0.25, 0.3) is 0 Å². The zero-order valence-electron chi connectivity index (χ0n) is 15.1. The Kier molecular flexibility index (Phi) is 4.44. The van der Waals surface area contributed by atoms with Gasteiger partial charge in [-0.1, -0.05) is 18.5 Å². The van der Waals surface area contributed by atoms with E-state index >= 15 is 0 Å². The number of benzene rings is 2. The molecule has 3 heteroatoms. The summed E-state index contributed by atoms with van der Waals surface area (Å²) in [6.45, 7) is 9.11. The summed E-state index contributed by atoms with van der Waals surface area (Å²) in [6, 6.07) is 12.2. The van der Waals surface area contributed by atoms with Gasteiger partial charge >= 0.3 is 0 Å². The molecule has 2 nitrogen and oxygen atoms in total. The summed E-state index contributed by atoms with van der Waals surface area (Å²) in [7, 11) is 2.20. The number of halogens is 1. The predicted octanol–water partition coefficient (Wildman–Crippen LogP) is 6.12. The highest BCUT2D eigenvalue weighted by molar-refractivity contribution is 6.30. The Morgan fingerprint density at radius 2 is 1.88 bits per heavy atom. The van der Waals surface area contributed by atoms with Gasteiger partial charge in [-0.05, 0) is 86.2 Å². The first-order chi connectivity index (χ1) is 11.3. The molecule has 0 unspecified atom stereocenters. The summed E-state index contributed by atoms with van der Waals surface area (Å²) in [5.74, 6) is 0.550. The third kappa shape index (κ3) is 3.21. The summed E-state index contributed by atoms with van der Waals surface area (Å²) in [5, 5.41) is 0.735. The summed E-state index contributed by atoms with van der Waals surface area (Å²) < 4.78 is 0. The number of aryl methyl sites for hydroxylation is 1. The van der Waals surface area contributed by atoms with E-state index in [1.54, 1.807) is 0 Å². The van der Waals surface area contributed by atoms with Crippen LogP contribution in [0.2, 0.25) is 5.02 Å². The third-order valence-electron chi connectivity index (χ3n) is 5.20. The van der Waals surface area contributed by atoms with Gasteiger partial charge in [-0.25, -0.2) is 0 Å². The van der Waals surface area contributed by atoms with E-state index in [2.05, 4.69) is 56.8 Å². The van der Waals surface area contributed by atoms with Crippen LogP contribution in [0.3, 0.4) is 0 Å². The molecule has 0 saturated heterocycles. The van der Waals surface area contributed by atoms with Crippen LogP contribution in [-0.2, 0) is 0 Å². The van der Waals surface area contributed by atoms with Gasteiger partial charge in [0.25, 0.3) is 0 Å². The molecule has 1 heterocycles. The van der Waals surface area contributed by atoms with Crippen molar-refractivity contribution < 1.29 is 0 Å². The fourth-order valence-corrected chi connectivity index (χ4v) is 3.67. The molecule has 1 atom stereocenters. The molecule has 2 aromatic carbocycles. The lowest BCUT2D eigenvalue weighted by Gasteiger charge is -2.45. The summed E-state index contributed by atoms with van der Waals surface area (Å²) in [6.07, 6.45) is 3.12. The Morgan fingerprint density at radius 1 is 1.21 bits per heavy atom. The number of anilines is 1. The van der Waals surface area contributed by atoms with Crippen LogP contribution < -0.4 is 4.90 Å². The normalized spacial score (nSPS) is 19.6. The van der Waals surface area contributed by atoms with E-state index in [-0.39, 0.29) is 5.54 Å². The highest BCUT2D eigenvalue weighted by Gasteiger charge is 2.34. The average molecular weight is 341 g/mol. The van der Waals surface area contributed by atoms with Gasteiger partial charge < -0.3 is 4.90 Å². The summed E-state index contributed by atoms with van der Waals surface area (Å²) in [5.41, 5.74) is 6.31. The molecule has 0 aromatic heterocycles. The fraction of sp³-hybridized carbons (Fsp3) is 0.381. The fourth-order valence-electron chi connectivity index (χ4n) is 3.54. The zero-order chi connectivity index (χ0) is 17.5. The van der Waals surface area contributed by atoms with Crippen molar-refractivity contribution in [1.82, 2.24) is 0 Å². The maximum Gasteiger partial charge on any atom is 0.0630 e. The Bertz CT molecular complexity index is 775. The van der Waals surface area contributed by atoms with E-state index in [1.807, 2.05) is 30.5 Å². The second-order valence-corrected chi connectivity index (χ2v) is 7.92. The lowest BCUT2D eigenvalue weighted by Crippen LogP contribution is -2.45. The first kappa shape index (κ1) is 17.0. The first-order valence-corrected chi connectivity index (χ1v) is 8.84. The van der Waals surface area contributed by atoms with E-state index in [0.717, 1.165) is 17.1 Å². The third-order valence-corrected chi connectivity index (χ3v) is 5.45. The second kappa shape index (κ2) is 6.25. The number of rotatable bonds is 2. The SMILES string of the molecule is Cc1cc2c(cc1C=Nc1ccc(Cl)cc1)[C@@H](C)CC(C)(C)N2C. The molecular weight excluding hydrogens is 316 g/mol. The van der Waals surface area contributed by atoms with Gasteiger partial charge in [-0.15, -0.1) is 0 Å². The van der Waals surface area contributed by atoms with E-state index in [4.69, 9.17) is 11.6 Å². The van der Waals surface area contributed by atoms with E-state index < -0.39 is 0 Å². The first-order valence-electron chi connectivity index (χ1n) is 8.46. The minimum Gasteiger partial charge on any atom is -0.369 e. The maximum atomic E-state index is 5.93. The van der Waals surface area contributed by atoms with Gasteiger partial charge in [0.05, 0.1) is 5.69 Å². The molecule has 0 bridgehead atoms. The van der Waals surface area contributed by atoms with Gasteiger partial charge in [0.2, 0.25) is 0 Å². The van der Waals surface area contributed by atoms with Gasteiger partial charge in [0.15, 0.2) is 0 Å². The van der Waals surface area contributed by atoms with Gasteiger partial charge in [0, 0.05) is 29.5 Å². The van der Waals surface area contributed by atoms with Crippen LogP contribution in [0, 0.1) is 6.92 Å². The summed E-state index contributed by atoms with van der Waals surface area (Å²) >= 11 is 5.93. The molecule has 24 heavy (non-hydrogen) atoms. The van der Waals surface area contributed by atoms with Crippen molar-refractivity contribution in [3.05, 3.63) is 58.1 Å². The van der Waals surface area contributed by atoms with Crippen molar-refractivity contribution in [1.29, 1.82) is 0 Å². The molecule has 2 aromatic rings. The lowest BCUT2D eigenvalue weighted by atomic mass is 9.79. The molecule has 0 aliphatic carbocycles. The van der Waals surface area contributed by atoms with Crippen molar-refractivity contribution in [3.8, 4) is 0 Å². The molecular formula is C21H25ClN2. The molecule has 1 aliphatic heterocycles. The molecule has 0 N–H and O–H groups in total. The van der Waals surface area contributed by atoms with E-state index in [9.17, 15) is 0 Å². The number of nitrogens with zero attached hydrogens (tertiary/aromatic N) is 2. The largest absolute Gasteiger partial charge is 0.369 e. The number of hydrogen-bond acceptors (Lipinski definition) is 2. The molecule has 0 fully saturated rings. The molecule has 1 aliphatic rings. The molecule has 0 radical (unpaired) electrons. The van der Waals surface area contributed by atoms with Gasteiger partial charge in [-0.2, -0.15) is 0 Å². The topological polar surface area (TPSA) is 15.6 Å². The van der Waals surface area contributed by atoms with Crippen LogP contribution in [0.4, 0.5) is 11.4 Å².